The lowest BCUT2D eigenvalue weighted by molar-refractivity contribution is 0.0594. The summed E-state index contributed by atoms with van der Waals surface area (Å²) in [5.74, 6) is -0.228. The van der Waals surface area contributed by atoms with Gasteiger partial charge >= 0.3 is 0 Å². The van der Waals surface area contributed by atoms with Gasteiger partial charge in [0.05, 0.1) is 19.3 Å². The summed E-state index contributed by atoms with van der Waals surface area (Å²) in [5, 5.41) is 20.5. The minimum Gasteiger partial charge on any atom is -0.395 e. The first kappa shape index (κ1) is 18.3. The number of halogens is 1. The highest BCUT2D eigenvalue weighted by Gasteiger charge is 2.20. The molecule has 1 aromatic carbocycles. The van der Waals surface area contributed by atoms with Crippen molar-refractivity contribution in [3.63, 3.8) is 0 Å². The summed E-state index contributed by atoms with van der Waals surface area (Å²) in [4.78, 5) is 4.51. The van der Waals surface area contributed by atoms with Gasteiger partial charge in [-0.05, 0) is 37.6 Å². The Morgan fingerprint density at radius 3 is 2.44 bits per heavy atom. The molecule has 1 saturated heterocycles. The van der Waals surface area contributed by atoms with Crippen LogP contribution in [0.4, 0.5) is 4.39 Å². The summed E-state index contributed by atoms with van der Waals surface area (Å²) in [6.45, 7) is 9.76. The smallest absolute Gasteiger partial charge is 0.123 e. The van der Waals surface area contributed by atoms with Gasteiger partial charge in [-0.15, -0.1) is 0 Å². The topological polar surface area (TPSA) is 51.9 Å². The predicted molar refractivity (Wildman–Crippen MR) is 97.3 cm³/mol. The number of fused-ring (bicyclic) bond motifs is 1. The van der Waals surface area contributed by atoms with Crippen molar-refractivity contribution in [1.29, 1.82) is 0 Å². The van der Waals surface area contributed by atoms with Crippen LogP contribution in [-0.2, 0) is 6.54 Å². The van der Waals surface area contributed by atoms with E-state index < -0.39 is 6.10 Å². The Kier molecular flexibility index (Phi) is 5.74. The summed E-state index contributed by atoms with van der Waals surface area (Å²) >= 11 is 0. The largest absolute Gasteiger partial charge is 0.395 e. The van der Waals surface area contributed by atoms with Crippen LogP contribution < -0.4 is 0 Å². The molecule has 2 aromatic rings. The highest BCUT2D eigenvalue weighted by Crippen LogP contribution is 2.26. The molecular weight excluding hydrogens is 321 g/mol. The Balaban J connectivity index is 1.65. The van der Waals surface area contributed by atoms with Crippen LogP contribution in [0, 0.1) is 19.7 Å². The predicted octanol–water partition coefficient (Wildman–Crippen LogP) is 1.37. The van der Waals surface area contributed by atoms with Crippen molar-refractivity contribution in [3.8, 4) is 0 Å². The van der Waals surface area contributed by atoms with Gasteiger partial charge < -0.3 is 14.8 Å². The number of hydrogen-bond donors (Lipinski definition) is 2. The number of piperazine rings is 1. The van der Waals surface area contributed by atoms with Crippen molar-refractivity contribution >= 4 is 10.9 Å². The van der Waals surface area contributed by atoms with E-state index in [0.717, 1.165) is 54.9 Å². The number of aromatic nitrogens is 1. The maximum atomic E-state index is 13.5. The Morgan fingerprint density at radius 2 is 1.76 bits per heavy atom. The lowest BCUT2D eigenvalue weighted by Crippen LogP contribution is -2.49. The lowest BCUT2D eigenvalue weighted by Gasteiger charge is -2.35. The van der Waals surface area contributed by atoms with E-state index in [0.29, 0.717) is 13.1 Å². The van der Waals surface area contributed by atoms with Crippen molar-refractivity contribution in [2.75, 3.05) is 45.9 Å². The molecule has 1 unspecified atom stereocenters. The first-order valence-electron chi connectivity index (χ1n) is 8.98. The van der Waals surface area contributed by atoms with Gasteiger partial charge in [0.15, 0.2) is 0 Å². The third-order valence-corrected chi connectivity index (χ3v) is 5.34. The molecule has 0 aliphatic carbocycles. The fraction of sp³-hybridized carbons (Fsp3) is 0.579. The standard InChI is InChI=1S/C19H28FN3O2/c1-14-15(2)23(19-4-3-16(20)11-18(14)19)13-17(25)12-22-7-5-21(6-8-22)9-10-24/h3-4,11,17,24-25H,5-10,12-13H2,1-2H3. The molecule has 0 amide bonds. The van der Waals surface area contributed by atoms with Crippen molar-refractivity contribution in [1.82, 2.24) is 14.4 Å². The number of hydrogen-bond acceptors (Lipinski definition) is 4. The fourth-order valence-corrected chi connectivity index (χ4v) is 3.76. The highest BCUT2D eigenvalue weighted by atomic mass is 19.1. The van der Waals surface area contributed by atoms with Crippen LogP contribution in [0.2, 0.25) is 0 Å². The molecule has 3 rings (SSSR count). The van der Waals surface area contributed by atoms with Crippen LogP contribution in [0.15, 0.2) is 18.2 Å². The second-order valence-electron chi connectivity index (χ2n) is 7.00. The molecule has 2 heterocycles. The van der Waals surface area contributed by atoms with Crippen LogP contribution in [0.25, 0.3) is 10.9 Å². The summed E-state index contributed by atoms with van der Waals surface area (Å²) in [6, 6.07) is 4.84. The first-order valence-corrected chi connectivity index (χ1v) is 8.98. The van der Waals surface area contributed by atoms with Gasteiger partial charge in [0.25, 0.3) is 0 Å². The third-order valence-electron chi connectivity index (χ3n) is 5.34. The second-order valence-corrected chi connectivity index (χ2v) is 7.00. The van der Waals surface area contributed by atoms with E-state index >= 15 is 0 Å². The lowest BCUT2D eigenvalue weighted by atomic mass is 10.1. The molecule has 5 nitrogen and oxygen atoms in total. The number of aryl methyl sites for hydroxylation is 1. The number of β-amino-alcohol motifs (C(OH)–C–C–N with tert-alkyl or cyclic N) is 2. The maximum absolute atomic E-state index is 13.5. The Hall–Kier alpha value is -1.47. The summed E-state index contributed by atoms with van der Waals surface area (Å²) in [7, 11) is 0. The van der Waals surface area contributed by atoms with Gasteiger partial charge in [0.1, 0.15) is 5.82 Å². The molecule has 0 radical (unpaired) electrons. The second kappa shape index (κ2) is 7.83. The molecular formula is C19H28FN3O2. The van der Waals surface area contributed by atoms with E-state index in [-0.39, 0.29) is 12.4 Å². The molecule has 1 fully saturated rings. The minimum atomic E-state index is -0.469. The van der Waals surface area contributed by atoms with E-state index in [1.165, 1.54) is 6.07 Å². The normalized spacial score (nSPS) is 18.1. The molecule has 0 saturated carbocycles. The quantitative estimate of drug-likeness (QED) is 0.827. The molecule has 6 heteroatoms. The van der Waals surface area contributed by atoms with E-state index in [4.69, 9.17) is 5.11 Å². The van der Waals surface area contributed by atoms with E-state index in [1.54, 1.807) is 12.1 Å². The molecule has 1 aliphatic heterocycles. The van der Waals surface area contributed by atoms with Crippen molar-refractivity contribution in [2.45, 2.75) is 26.5 Å². The number of aliphatic hydroxyl groups excluding tert-OH is 2. The van der Waals surface area contributed by atoms with Gasteiger partial charge in [0.2, 0.25) is 0 Å². The number of benzene rings is 1. The van der Waals surface area contributed by atoms with Crippen LogP contribution in [0.3, 0.4) is 0 Å². The van der Waals surface area contributed by atoms with Gasteiger partial charge in [-0.1, -0.05) is 0 Å². The molecule has 1 aliphatic rings. The van der Waals surface area contributed by atoms with E-state index in [2.05, 4.69) is 14.4 Å². The average Bonchev–Trinajstić information content (AvgIpc) is 2.81. The van der Waals surface area contributed by atoms with Crippen LogP contribution in [0.5, 0.6) is 0 Å². The number of rotatable bonds is 6. The van der Waals surface area contributed by atoms with E-state index in [9.17, 15) is 9.50 Å². The Labute approximate surface area is 148 Å². The van der Waals surface area contributed by atoms with Gasteiger partial charge in [-0.25, -0.2) is 4.39 Å². The molecule has 25 heavy (non-hydrogen) atoms. The summed E-state index contributed by atoms with van der Waals surface area (Å²) in [6.07, 6.45) is -0.469. The van der Waals surface area contributed by atoms with Gasteiger partial charge in [-0.3, -0.25) is 9.80 Å². The van der Waals surface area contributed by atoms with Crippen LogP contribution in [-0.4, -0.2) is 76.6 Å². The minimum absolute atomic E-state index is 0.197. The zero-order valence-electron chi connectivity index (χ0n) is 15.1. The summed E-state index contributed by atoms with van der Waals surface area (Å²) < 4.78 is 15.6. The maximum Gasteiger partial charge on any atom is 0.123 e. The van der Waals surface area contributed by atoms with Crippen molar-refractivity contribution in [3.05, 3.63) is 35.3 Å². The molecule has 0 spiro atoms. The van der Waals surface area contributed by atoms with E-state index in [1.807, 2.05) is 13.8 Å². The first-order chi connectivity index (χ1) is 12.0. The highest BCUT2D eigenvalue weighted by molar-refractivity contribution is 5.85. The molecule has 2 N–H and O–H groups in total. The van der Waals surface area contributed by atoms with Gasteiger partial charge in [-0.2, -0.15) is 0 Å². The fourth-order valence-electron chi connectivity index (χ4n) is 3.76. The average molecular weight is 349 g/mol. The summed E-state index contributed by atoms with van der Waals surface area (Å²) in [5.41, 5.74) is 3.12. The number of nitrogens with zero attached hydrogens (tertiary/aromatic N) is 3. The monoisotopic (exact) mass is 349 g/mol. The van der Waals surface area contributed by atoms with Gasteiger partial charge in [0, 0.05) is 55.9 Å². The van der Waals surface area contributed by atoms with Crippen molar-refractivity contribution in [2.24, 2.45) is 0 Å². The third kappa shape index (κ3) is 4.03. The van der Waals surface area contributed by atoms with Crippen LogP contribution >= 0.6 is 0 Å². The zero-order valence-corrected chi connectivity index (χ0v) is 15.1. The molecule has 1 aromatic heterocycles. The SMILES string of the molecule is Cc1c(C)n(CC(O)CN2CCN(CCO)CC2)c2ccc(F)cc12. The Morgan fingerprint density at radius 1 is 1.08 bits per heavy atom. The Bertz CT molecular complexity index is 723. The molecule has 1 atom stereocenters. The van der Waals surface area contributed by atoms with Crippen LogP contribution in [0.1, 0.15) is 11.3 Å². The van der Waals surface area contributed by atoms with Crippen molar-refractivity contribution < 1.29 is 14.6 Å². The molecule has 0 bridgehead atoms. The number of aliphatic hydroxyl groups is 2. The zero-order chi connectivity index (χ0) is 18.0. The molecule has 138 valence electrons.